The van der Waals surface area contributed by atoms with Crippen LogP contribution >= 0.6 is 0 Å². The van der Waals surface area contributed by atoms with Crippen LogP contribution in [-0.2, 0) is 11.3 Å². The van der Waals surface area contributed by atoms with E-state index in [1.165, 1.54) is 24.8 Å². The van der Waals surface area contributed by atoms with Crippen molar-refractivity contribution in [2.45, 2.75) is 32.8 Å². The predicted molar refractivity (Wildman–Crippen MR) is 60.1 cm³/mol. The second kappa shape index (κ2) is 6.61. The molecule has 0 fully saturated rings. The lowest BCUT2D eigenvalue weighted by atomic mass is 10.2. The summed E-state index contributed by atoms with van der Waals surface area (Å²) in [5.74, 6) is 0. The summed E-state index contributed by atoms with van der Waals surface area (Å²) in [6, 6.07) is 8.18. The summed E-state index contributed by atoms with van der Waals surface area (Å²) in [5, 5.41) is 0. The SMILES string of the molecule is [CH2]c1ccc(COCCCCC)cc1. The van der Waals surface area contributed by atoms with Crippen molar-refractivity contribution in [3.8, 4) is 0 Å². The van der Waals surface area contributed by atoms with Gasteiger partial charge in [0.2, 0.25) is 0 Å². The summed E-state index contributed by atoms with van der Waals surface area (Å²) in [7, 11) is 0. The Labute approximate surface area is 87.1 Å². The van der Waals surface area contributed by atoms with Gasteiger partial charge in [-0.25, -0.2) is 0 Å². The van der Waals surface area contributed by atoms with E-state index < -0.39 is 0 Å². The zero-order valence-electron chi connectivity index (χ0n) is 8.96. The van der Waals surface area contributed by atoms with Gasteiger partial charge in [-0.3, -0.25) is 0 Å². The minimum Gasteiger partial charge on any atom is -0.377 e. The van der Waals surface area contributed by atoms with Crippen LogP contribution in [0.15, 0.2) is 24.3 Å². The molecule has 0 saturated carbocycles. The molecule has 1 radical (unpaired) electrons. The predicted octanol–water partition coefficient (Wildman–Crippen LogP) is 3.58. The molecular weight excluding hydrogens is 172 g/mol. The molecule has 77 valence electrons. The molecule has 1 aromatic rings. The Balaban J connectivity index is 2.15. The van der Waals surface area contributed by atoms with E-state index in [0.717, 1.165) is 18.8 Å². The first kappa shape index (κ1) is 11.3. The number of hydrogen-bond acceptors (Lipinski definition) is 1. The number of hydrogen-bond donors (Lipinski definition) is 0. The molecule has 0 saturated heterocycles. The monoisotopic (exact) mass is 191 g/mol. The van der Waals surface area contributed by atoms with Crippen LogP contribution in [0.3, 0.4) is 0 Å². The zero-order valence-corrected chi connectivity index (χ0v) is 8.96. The van der Waals surface area contributed by atoms with E-state index in [1.807, 2.05) is 12.1 Å². The maximum atomic E-state index is 5.54. The molecule has 0 aliphatic heterocycles. The number of benzene rings is 1. The first-order chi connectivity index (χ1) is 6.83. The third kappa shape index (κ3) is 4.43. The molecule has 0 aliphatic rings. The Kier molecular flexibility index (Phi) is 5.31. The van der Waals surface area contributed by atoms with Crippen molar-refractivity contribution in [1.29, 1.82) is 0 Å². The van der Waals surface area contributed by atoms with Gasteiger partial charge >= 0.3 is 0 Å². The minimum absolute atomic E-state index is 0.726. The highest BCUT2D eigenvalue weighted by atomic mass is 16.5. The number of rotatable bonds is 6. The molecule has 0 N–H and O–H groups in total. The van der Waals surface area contributed by atoms with Gasteiger partial charge in [0.1, 0.15) is 0 Å². The summed E-state index contributed by atoms with van der Waals surface area (Å²) in [6.07, 6.45) is 3.68. The van der Waals surface area contributed by atoms with Crippen LogP contribution in [0.5, 0.6) is 0 Å². The summed E-state index contributed by atoms with van der Waals surface area (Å²) in [6.45, 7) is 7.64. The topological polar surface area (TPSA) is 9.23 Å². The lowest BCUT2D eigenvalue weighted by molar-refractivity contribution is 0.117. The van der Waals surface area contributed by atoms with Gasteiger partial charge < -0.3 is 4.74 Å². The molecule has 0 atom stereocenters. The Morgan fingerprint density at radius 2 is 1.86 bits per heavy atom. The van der Waals surface area contributed by atoms with Crippen molar-refractivity contribution in [2.24, 2.45) is 0 Å². The maximum Gasteiger partial charge on any atom is 0.0716 e. The van der Waals surface area contributed by atoms with Gasteiger partial charge in [-0.05, 0) is 24.5 Å². The Morgan fingerprint density at radius 3 is 2.50 bits per heavy atom. The highest BCUT2D eigenvalue weighted by Gasteiger charge is 1.92. The standard InChI is InChI=1S/C13H19O/c1-3-4-5-10-14-11-13-8-6-12(2)7-9-13/h6-9H,2-5,10-11H2,1H3. The summed E-state index contributed by atoms with van der Waals surface area (Å²) in [5.41, 5.74) is 2.29. The van der Waals surface area contributed by atoms with Gasteiger partial charge in [-0.15, -0.1) is 0 Å². The van der Waals surface area contributed by atoms with Crippen LogP contribution in [0, 0.1) is 6.92 Å². The minimum atomic E-state index is 0.726. The van der Waals surface area contributed by atoms with Gasteiger partial charge in [0.05, 0.1) is 6.61 Å². The van der Waals surface area contributed by atoms with E-state index >= 15 is 0 Å². The lowest BCUT2D eigenvalue weighted by Gasteiger charge is -2.03. The van der Waals surface area contributed by atoms with Crippen LogP contribution in [0.4, 0.5) is 0 Å². The first-order valence-electron chi connectivity index (χ1n) is 5.31. The molecule has 1 rings (SSSR count). The summed E-state index contributed by atoms with van der Waals surface area (Å²) < 4.78 is 5.54. The molecule has 0 aliphatic carbocycles. The molecule has 1 aromatic carbocycles. The van der Waals surface area contributed by atoms with E-state index in [1.54, 1.807) is 0 Å². The van der Waals surface area contributed by atoms with Crippen LogP contribution in [0.1, 0.15) is 37.3 Å². The van der Waals surface area contributed by atoms with Crippen molar-refractivity contribution < 1.29 is 4.74 Å². The van der Waals surface area contributed by atoms with Crippen LogP contribution in [0.25, 0.3) is 0 Å². The maximum absolute atomic E-state index is 5.54. The number of ether oxygens (including phenoxy) is 1. The Hall–Kier alpha value is -0.820. The highest BCUT2D eigenvalue weighted by Crippen LogP contribution is 2.05. The smallest absolute Gasteiger partial charge is 0.0716 e. The van der Waals surface area contributed by atoms with Crippen molar-refractivity contribution in [3.63, 3.8) is 0 Å². The van der Waals surface area contributed by atoms with Crippen molar-refractivity contribution in [3.05, 3.63) is 42.3 Å². The van der Waals surface area contributed by atoms with E-state index in [0.29, 0.717) is 0 Å². The Bertz CT molecular complexity index is 238. The fraction of sp³-hybridized carbons (Fsp3) is 0.462. The average molecular weight is 191 g/mol. The van der Waals surface area contributed by atoms with Crippen LogP contribution in [-0.4, -0.2) is 6.61 Å². The summed E-state index contributed by atoms with van der Waals surface area (Å²) in [4.78, 5) is 0. The third-order valence-electron chi connectivity index (χ3n) is 2.18. The third-order valence-corrected chi connectivity index (χ3v) is 2.18. The van der Waals surface area contributed by atoms with Crippen LogP contribution < -0.4 is 0 Å². The fourth-order valence-corrected chi connectivity index (χ4v) is 1.28. The zero-order chi connectivity index (χ0) is 10.2. The second-order valence-electron chi connectivity index (χ2n) is 3.58. The van der Waals surface area contributed by atoms with Crippen LogP contribution in [0.2, 0.25) is 0 Å². The molecule has 0 amide bonds. The highest BCUT2D eigenvalue weighted by molar-refractivity contribution is 5.23. The van der Waals surface area contributed by atoms with E-state index in [9.17, 15) is 0 Å². The average Bonchev–Trinajstić information content (AvgIpc) is 2.21. The second-order valence-corrected chi connectivity index (χ2v) is 3.58. The molecular formula is C13H19O. The Morgan fingerprint density at radius 1 is 1.14 bits per heavy atom. The van der Waals surface area contributed by atoms with Gasteiger partial charge in [0.25, 0.3) is 0 Å². The van der Waals surface area contributed by atoms with Crippen molar-refractivity contribution >= 4 is 0 Å². The normalized spacial score (nSPS) is 10.4. The molecule has 0 spiro atoms. The van der Waals surface area contributed by atoms with E-state index in [4.69, 9.17) is 4.74 Å². The lowest BCUT2D eigenvalue weighted by Crippen LogP contribution is -1.95. The van der Waals surface area contributed by atoms with E-state index in [2.05, 4.69) is 26.0 Å². The molecule has 0 aromatic heterocycles. The number of unbranched alkanes of at least 4 members (excludes halogenated alkanes) is 2. The van der Waals surface area contributed by atoms with Gasteiger partial charge in [-0.2, -0.15) is 0 Å². The molecule has 0 heterocycles. The van der Waals surface area contributed by atoms with E-state index in [-0.39, 0.29) is 0 Å². The fourth-order valence-electron chi connectivity index (χ4n) is 1.28. The molecule has 1 nitrogen and oxygen atoms in total. The van der Waals surface area contributed by atoms with Crippen molar-refractivity contribution in [2.75, 3.05) is 6.61 Å². The molecule has 0 bridgehead atoms. The largest absolute Gasteiger partial charge is 0.377 e. The van der Waals surface area contributed by atoms with Gasteiger partial charge in [0.15, 0.2) is 0 Å². The van der Waals surface area contributed by atoms with Crippen molar-refractivity contribution in [1.82, 2.24) is 0 Å². The molecule has 1 heteroatoms. The summed E-state index contributed by atoms with van der Waals surface area (Å²) >= 11 is 0. The van der Waals surface area contributed by atoms with Gasteiger partial charge in [0, 0.05) is 6.61 Å². The first-order valence-corrected chi connectivity index (χ1v) is 5.31. The molecule has 0 unspecified atom stereocenters. The molecule has 14 heavy (non-hydrogen) atoms. The van der Waals surface area contributed by atoms with Gasteiger partial charge in [-0.1, -0.05) is 44.0 Å². The quantitative estimate of drug-likeness (QED) is 0.624.